The van der Waals surface area contributed by atoms with Gasteiger partial charge in [-0.25, -0.2) is 0 Å². The summed E-state index contributed by atoms with van der Waals surface area (Å²) < 4.78 is 2.37. The summed E-state index contributed by atoms with van der Waals surface area (Å²) in [5, 5.41) is 2.68. The molecule has 0 N–H and O–H groups in total. The lowest BCUT2D eigenvalue weighted by Crippen LogP contribution is -1.93. The number of nitrogens with zero attached hydrogens (tertiary/aromatic N) is 1. The normalized spacial score (nSPS) is 11.8. The molecule has 84 valence electrons. The number of allylic oxidation sites excluding steroid dienone is 2. The zero-order chi connectivity index (χ0) is 11.7. The Hall–Kier alpha value is -2.02. The lowest BCUT2D eigenvalue weighted by Gasteiger charge is -2.02. The molecule has 0 aliphatic carbocycles. The van der Waals surface area contributed by atoms with Crippen LogP contribution in [0.25, 0.3) is 21.8 Å². The number of hydrogen-bond donors (Lipinski definition) is 0. The molecule has 2 aromatic carbocycles. The Morgan fingerprint density at radius 1 is 0.882 bits per heavy atom. The van der Waals surface area contributed by atoms with Gasteiger partial charge in [0.25, 0.3) is 0 Å². The van der Waals surface area contributed by atoms with Crippen LogP contribution in [0.5, 0.6) is 0 Å². The molecule has 0 spiro atoms. The predicted molar refractivity (Wildman–Crippen MR) is 74.3 cm³/mol. The van der Waals surface area contributed by atoms with Crippen molar-refractivity contribution in [3.05, 3.63) is 60.7 Å². The standard InChI is InChI=1S/C16H15N/c1-2-3-12-17-15-10-6-4-8-13(15)14-9-5-7-11-16(14)17/h2-11H,12H2,1H3. The molecule has 1 heteroatoms. The summed E-state index contributed by atoms with van der Waals surface area (Å²) in [5.74, 6) is 0. The summed E-state index contributed by atoms with van der Waals surface area (Å²) >= 11 is 0. The van der Waals surface area contributed by atoms with Crippen molar-refractivity contribution in [1.29, 1.82) is 0 Å². The molecule has 0 unspecified atom stereocenters. The van der Waals surface area contributed by atoms with Crippen molar-refractivity contribution in [2.45, 2.75) is 13.5 Å². The minimum atomic E-state index is 0.935. The quantitative estimate of drug-likeness (QED) is 0.566. The Bertz CT molecular complexity index is 636. The summed E-state index contributed by atoms with van der Waals surface area (Å²) in [4.78, 5) is 0. The van der Waals surface area contributed by atoms with Crippen LogP contribution in [0.15, 0.2) is 60.7 Å². The summed E-state index contributed by atoms with van der Waals surface area (Å²) in [6, 6.07) is 17.2. The third kappa shape index (κ3) is 1.55. The molecule has 0 aliphatic rings. The number of fused-ring (bicyclic) bond motifs is 3. The lowest BCUT2D eigenvalue weighted by atomic mass is 10.2. The molecule has 0 bridgehead atoms. The van der Waals surface area contributed by atoms with Gasteiger partial charge < -0.3 is 4.57 Å². The SMILES string of the molecule is CC=CCn1c2ccccc2c2ccccc21. The van der Waals surface area contributed by atoms with Gasteiger partial charge in [0.05, 0.1) is 0 Å². The van der Waals surface area contributed by atoms with E-state index in [1.54, 1.807) is 0 Å². The van der Waals surface area contributed by atoms with E-state index >= 15 is 0 Å². The number of rotatable bonds is 2. The summed E-state index contributed by atoms with van der Waals surface area (Å²) in [5.41, 5.74) is 2.62. The molecule has 0 saturated carbocycles. The highest BCUT2D eigenvalue weighted by molar-refractivity contribution is 6.07. The lowest BCUT2D eigenvalue weighted by molar-refractivity contribution is 0.897. The monoisotopic (exact) mass is 221 g/mol. The van der Waals surface area contributed by atoms with Crippen molar-refractivity contribution in [2.24, 2.45) is 0 Å². The zero-order valence-electron chi connectivity index (χ0n) is 9.93. The Balaban J connectivity index is 2.41. The Kier molecular flexibility index (Phi) is 2.45. The predicted octanol–water partition coefficient (Wildman–Crippen LogP) is 4.37. The summed E-state index contributed by atoms with van der Waals surface area (Å²) in [7, 11) is 0. The highest BCUT2D eigenvalue weighted by Gasteiger charge is 2.07. The molecule has 1 heterocycles. The fraction of sp³-hybridized carbons (Fsp3) is 0.125. The van der Waals surface area contributed by atoms with Crippen molar-refractivity contribution < 1.29 is 0 Å². The summed E-state index contributed by atoms with van der Waals surface area (Å²) in [6.07, 6.45) is 4.29. The van der Waals surface area contributed by atoms with Gasteiger partial charge in [0, 0.05) is 28.4 Å². The van der Waals surface area contributed by atoms with E-state index in [4.69, 9.17) is 0 Å². The van der Waals surface area contributed by atoms with Gasteiger partial charge in [-0.2, -0.15) is 0 Å². The molecule has 0 fully saturated rings. The van der Waals surface area contributed by atoms with E-state index < -0.39 is 0 Å². The van der Waals surface area contributed by atoms with E-state index in [0.717, 1.165) is 6.54 Å². The highest BCUT2D eigenvalue weighted by atomic mass is 15.0. The van der Waals surface area contributed by atoms with Crippen LogP contribution >= 0.6 is 0 Å². The first-order chi connectivity index (χ1) is 8.42. The van der Waals surface area contributed by atoms with Crippen LogP contribution in [0.3, 0.4) is 0 Å². The maximum absolute atomic E-state index is 2.37. The molecule has 0 saturated heterocycles. The number of benzene rings is 2. The molecule has 0 amide bonds. The number of para-hydroxylation sites is 2. The molecule has 1 aromatic heterocycles. The maximum Gasteiger partial charge on any atom is 0.0494 e. The van der Waals surface area contributed by atoms with Crippen LogP contribution in [-0.2, 0) is 6.54 Å². The van der Waals surface area contributed by atoms with E-state index in [1.165, 1.54) is 21.8 Å². The van der Waals surface area contributed by atoms with Crippen LogP contribution in [0.2, 0.25) is 0 Å². The Morgan fingerprint density at radius 3 is 1.94 bits per heavy atom. The van der Waals surface area contributed by atoms with Gasteiger partial charge in [-0.1, -0.05) is 48.6 Å². The van der Waals surface area contributed by atoms with Gasteiger partial charge in [0.2, 0.25) is 0 Å². The van der Waals surface area contributed by atoms with Gasteiger partial charge in [-0.3, -0.25) is 0 Å². The average Bonchev–Trinajstić information content (AvgIpc) is 2.71. The van der Waals surface area contributed by atoms with E-state index in [9.17, 15) is 0 Å². The molecule has 17 heavy (non-hydrogen) atoms. The topological polar surface area (TPSA) is 4.93 Å². The fourth-order valence-corrected chi connectivity index (χ4v) is 2.41. The summed E-state index contributed by atoms with van der Waals surface area (Å²) in [6.45, 7) is 3.00. The Labute approximate surface area is 101 Å². The second kappa shape index (κ2) is 4.10. The van der Waals surface area contributed by atoms with Crippen molar-refractivity contribution >= 4 is 21.8 Å². The number of hydrogen-bond acceptors (Lipinski definition) is 0. The second-order valence-corrected chi connectivity index (χ2v) is 4.21. The molecule has 0 radical (unpaired) electrons. The molecular weight excluding hydrogens is 206 g/mol. The second-order valence-electron chi connectivity index (χ2n) is 4.21. The van der Waals surface area contributed by atoms with Crippen LogP contribution in [-0.4, -0.2) is 4.57 Å². The van der Waals surface area contributed by atoms with E-state index in [0.29, 0.717) is 0 Å². The molecule has 1 nitrogen and oxygen atoms in total. The maximum atomic E-state index is 2.37. The van der Waals surface area contributed by atoms with E-state index in [1.807, 2.05) is 0 Å². The molecule has 3 aromatic rings. The van der Waals surface area contributed by atoms with Crippen LogP contribution in [0, 0.1) is 0 Å². The molecule has 0 aliphatic heterocycles. The highest BCUT2D eigenvalue weighted by Crippen LogP contribution is 2.28. The van der Waals surface area contributed by atoms with E-state index in [2.05, 4.69) is 72.2 Å². The molecule has 3 rings (SSSR count). The van der Waals surface area contributed by atoms with E-state index in [-0.39, 0.29) is 0 Å². The largest absolute Gasteiger partial charge is 0.337 e. The van der Waals surface area contributed by atoms with Crippen LogP contribution in [0.1, 0.15) is 6.92 Å². The number of aromatic nitrogens is 1. The van der Waals surface area contributed by atoms with Crippen molar-refractivity contribution in [3.8, 4) is 0 Å². The van der Waals surface area contributed by atoms with Gasteiger partial charge in [-0.05, 0) is 19.1 Å². The zero-order valence-corrected chi connectivity index (χ0v) is 9.93. The third-order valence-electron chi connectivity index (χ3n) is 3.20. The smallest absolute Gasteiger partial charge is 0.0494 e. The van der Waals surface area contributed by atoms with Gasteiger partial charge >= 0.3 is 0 Å². The first-order valence-corrected chi connectivity index (χ1v) is 5.99. The van der Waals surface area contributed by atoms with Gasteiger partial charge in [0.1, 0.15) is 0 Å². The fourth-order valence-electron chi connectivity index (χ4n) is 2.41. The molecule has 0 atom stereocenters. The third-order valence-corrected chi connectivity index (χ3v) is 3.20. The van der Waals surface area contributed by atoms with Crippen molar-refractivity contribution in [1.82, 2.24) is 4.57 Å². The van der Waals surface area contributed by atoms with Crippen LogP contribution in [0.4, 0.5) is 0 Å². The van der Waals surface area contributed by atoms with Crippen molar-refractivity contribution in [3.63, 3.8) is 0 Å². The average molecular weight is 221 g/mol. The minimum absolute atomic E-state index is 0.935. The minimum Gasteiger partial charge on any atom is -0.337 e. The van der Waals surface area contributed by atoms with Gasteiger partial charge in [0.15, 0.2) is 0 Å². The van der Waals surface area contributed by atoms with Crippen molar-refractivity contribution in [2.75, 3.05) is 0 Å². The first kappa shape index (κ1) is 10.2. The molecular formula is C16H15N. The first-order valence-electron chi connectivity index (χ1n) is 5.99. The Morgan fingerprint density at radius 2 is 1.41 bits per heavy atom. The van der Waals surface area contributed by atoms with Gasteiger partial charge in [-0.15, -0.1) is 0 Å². The van der Waals surface area contributed by atoms with Crippen LogP contribution < -0.4 is 0 Å².